The number of amides is 1. The van der Waals surface area contributed by atoms with Crippen molar-refractivity contribution >= 4 is 17.3 Å². The van der Waals surface area contributed by atoms with Crippen molar-refractivity contribution in [3.63, 3.8) is 0 Å². The monoisotopic (exact) mass is 232 g/mol. The second kappa shape index (κ2) is 5.75. The van der Waals surface area contributed by atoms with Crippen molar-refractivity contribution in [3.8, 4) is 6.07 Å². The van der Waals surface area contributed by atoms with Gasteiger partial charge in [0.15, 0.2) is 0 Å². The van der Waals surface area contributed by atoms with Crippen molar-refractivity contribution in [1.82, 2.24) is 5.32 Å². The number of rotatable bonds is 4. The van der Waals surface area contributed by atoms with E-state index in [-0.39, 0.29) is 5.91 Å². The topological polar surface area (TPSA) is 90.9 Å². The molecule has 5 heteroatoms. The van der Waals surface area contributed by atoms with Crippen molar-refractivity contribution in [1.29, 1.82) is 5.26 Å². The molecular weight excluding hydrogens is 216 g/mol. The smallest absolute Gasteiger partial charge is 0.242 e. The van der Waals surface area contributed by atoms with Crippen LogP contribution in [0.1, 0.15) is 19.4 Å². The SMILES string of the molecule is CCNC(=O)C(C)Nc1cc(C#N)ccc1N. The average molecular weight is 232 g/mol. The largest absolute Gasteiger partial charge is 0.397 e. The number of hydrogen-bond acceptors (Lipinski definition) is 4. The van der Waals surface area contributed by atoms with E-state index in [4.69, 9.17) is 11.0 Å². The number of anilines is 2. The van der Waals surface area contributed by atoms with Gasteiger partial charge in [0.1, 0.15) is 6.04 Å². The second-order valence-electron chi connectivity index (χ2n) is 3.67. The highest BCUT2D eigenvalue weighted by atomic mass is 16.2. The first-order valence-electron chi connectivity index (χ1n) is 5.42. The van der Waals surface area contributed by atoms with Crippen molar-refractivity contribution in [2.45, 2.75) is 19.9 Å². The van der Waals surface area contributed by atoms with Crippen molar-refractivity contribution < 1.29 is 4.79 Å². The van der Waals surface area contributed by atoms with Crippen LogP contribution in [0.2, 0.25) is 0 Å². The van der Waals surface area contributed by atoms with Gasteiger partial charge < -0.3 is 16.4 Å². The maximum absolute atomic E-state index is 11.5. The molecule has 0 aliphatic rings. The zero-order chi connectivity index (χ0) is 12.8. The molecule has 5 nitrogen and oxygen atoms in total. The molecule has 4 N–H and O–H groups in total. The summed E-state index contributed by atoms with van der Waals surface area (Å²) in [5.74, 6) is -0.103. The van der Waals surface area contributed by atoms with Gasteiger partial charge in [-0.2, -0.15) is 5.26 Å². The Bertz CT molecular complexity index is 450. The summed E-state index contributed by atoms with van der Waals surface area (Å²) < 4.78 is 0. The number of nitrogens with zero attached hydrogens (tertiary/aromatic N) is 1. The maximum atomic E-state index is 11.5. The molecule has 0 aliphatic carbocycles. The third-order valence-corrected chi connectivity index (χ3v) is 2.30. The predicted molar refractivity (Wildman–Crippen MR) is 67.3 cm³/mol. The summed E-state index contributed by atoms with van der Waals surface area (Å²) >= 11 is 0. The lowest BCUT2D eigenvalue weighted by atomic mass is 10.1. The third kappa shape index (κ3) is 3.38. The number of benzene rings is 1. The van der Waals surface area contributed by atoms with Crippen LogP contribution in [0.25, 0.3) is 0 Å². The zero-order valence-corrected chi connectivity index (χ0v) is 9.95. The van der Waals surface area contributed by atoms with Gasteiger partial charge in [-0.05, 0) is 32.0 Å². The fourth-order valence-corrected chi connectivity index (χ4v) is 1.38. The van der Waals surface area contributed by atoms with E-state index in [2.05, 4.69) is 10.6 Å². The summed E-state index contributed by atoms with van der Waals surface area (Å²) in [6, 6.07) is 6.54. The molecule has 17 heavy (non-hydrogen) atoms. The van der Waals surface area contributed by atoms with Crippen LogP contribution in [0.4, 0.5) is 11.4 Å². The number of nitrogen functional groups attached to an aromatic ring is 1. The quantitative estimate of drug-likeness (QED) is 0.677. The molecule has 0 bridgehead atoms. The molecular formula is C12H16N4O. The summed E-state index contributed by atoms with van der Waals surface area (Å²) in [7, 11) is 0. The van der Waals surface area contributed by atoms with E-state index in [1.807, 2.05) is 13.0 Å². The van der Waals surface area contributed by atoms with Gasteiger partial charge in [0.05, 0.1) is 23.0 Å². The van der Waals surface area contributed by atoms with Gasteiger partial charge in [0.2, 0.25) is 5.91 Å². The van der Waals surface area contributed by atoms with Gasteiger partial charge in [-0.25, -0.2) is 0 Å². The molecule has 1 unspecified atom stereocenters. The fourth-order valence-electron chi connectivity index (χ4n) is 1.38. The first kappa shape index (κ1) is 12.8. The van der Waals surface area contributed by atoms with Gasteiger partial charge in [-0.1, -0.05) is 0 Å². The van der Waals surface area contributed by atoms with Crippen LogP contribution in [0.5, 0.6) is 0 Å². The Morgan fingerprint density at radius 2 is 2.29 bits per heavy atom. The fraction of sp³-hybridized carbons (Fsp3) is 0.333. The first-order chi connectivity index (χ1) is 8.08. The van der Waals surface area contributed by atoms with E-state index in [1.165, 1.54) is 0 Å². The van der Waals surface area contributed by atoms with Gasteiger partial charge in [0, 0.05) is 6.54 Å². The number of nitriles is 1. The summed E-state index contributed by atoms with van der Waals surface area (Å²) in [6.45, 7) is 4.18. The standard InChI is InChI=1S/C12H16N4O/c1-3-15-12(17)8(2)16-11-6-9(7-13)4-5-10(11)14/h4-6,8,16H,3,14H2,1-2H3,(H,15,17). The normalized spacial score (nSPS) is 11.4. The number of carbonyl (C=O) groups excluding carboxylic acids is 1. The average Bonchev–Trinajstić information content (AvgIpc) is 2.32. The summed E-state index contributed by atoms with van der Waals surface area (Å²) in [6.07, 6.45) is 0. The number of hydrogen-bond donors (Lipinski definition) is 3. The zero-order valence-electron chi connectivity index (χ0n) is 9.95. The first-order valence-corrected chi connectivity index (χ1v) is 5.42. The Morgan fingerprint density at radius 3 is 2.88 bits per heavy atom. The van der Waals surface area contributed by atoms with Crippen LogP contribution in [0.15, 0.2) is 18.2 Å². The Morgan fingerprint density at radius 1 is 1.59 bits per heavy atom. The van der Waals surface area contributed by atoms with Crippen LogP contribution in [0, 0.1) is 11.3 Å². The molecule has 1 amide bonds. The van der Waals surface area contributed by atoms with Crippen LogP contribution in [0.3, 0.4) is 0 Å². The Kier molecular flexibility index (Phi) is 4.35. The molecule has 0 radical (unpaired) electrons. The van der Waals surface area contributed by atoms with Crippen molar-refractivity contribution in [3.05, 3.63) is 23.8 Å². The molecule has 0 spiro atoms. The van der Waals surface area contributed by atoms with Crippen LogP contribution >= 0.6 is 0 Å². The molecule has 1 aromatic carbocycles. The lowest BCUT2D eigenvalue weighted by Crippen LogP contribution is -2.37. The maximum Gasteiger partial charge on any atom is 0.242 e. The molecule has 0 saturated heterocycles. The Hall–Kier alpha value is -2.22. The van der Waals surface area contributed by atoms with Crippen LogP contribution in [-0.4, -0.2) is 18.5 Å². The summed E-state index contributed by atoms with van der Waals surface area (Å²) in [5.41, 5.74) is 7.38. The second-order valence-corrected chi connectivity index (χ2v) is 3.67. The highest BCUT2D eigenvalue weighted by Crippen LogP contribution is 2.20. The van der Waals surface area contributed by atoms with Gasteiger partial charge in [0.25, 0.3) is 0 Å². The summed E-state index contributed by atoms with van der Waals surface area (Å²) in [4.78, 5) is 11.5. The van der Waals surface area contributed by atoms with E-state index in [1.54, 1.807) is 25.1 Å². The molecule has 1 atom stereocenters. The van der Waals surface area contributed by atoms with Gasteiger partial charge >= 0.3 is 0 Å². The minimum atomic E-state index is -0.397. The molecule has 0 fully saturated rings. The van der Waals surface area contributed by atoms with E-state index in [0.717, 1.165) is 0 Å². The van der Waals surface area contributed by atoms with E-state index < -0.39 is 6.04 Å². The van der Waals surface area contributed by atoms with Gasteiger partial charge in [-0.15, -0.1) is 0 Å². The highest BCUT2D eigenvalue weighted by Gasteiger charge is 2.12. The van der Waals surface area contributed by atoms with Crippen LogP contribution in [-0.2, 0) is 4.79 Å². The summed E-state index contributed by atoms with van der Waals surface area (Å²) in [5, 5.41) is 14.5. The molecule has 0 aromatic heterocycles. The van der Waals surface area contributed by atoms with E-state index in [0.29, 0.717) is 23.5 Å². The molecule has 0 heterocycles. The molecule has 0 saturated carbocycles. The Labute approximate surface area is 101 Å². The van der Waals surface area contributed by atoms with Crippen LogP contribution < -0.4 is 16.4 Å². The third-order valence-electron chi connectivity index (χ3n) is 2.30. The van der Waals surface area contributed by atoms with Gasteiger partial charge in [-0.3, -0.25) is 4.79 Å². The number of nitrogens with two attached hydrogens (primary N) is 1. The lowest BCUT2D eigenvalue weighted by Gasteiger charge is -2.16. The molecule has 1 rings (SSSR count). The molecule has 1 aromatic rings. The van der Waals surface area contributed by atoms with Crippen molar-refractivity contribution in [2.75, 3.05) is 17.6 Å². The van der Waals surface area contributed by atoms with Crippen molar-refractivity contribution in [2.24, 2.45) is 0 Å². The number of nitrogens with one attached hydrogen (secondary N) is 2. The van der Waals surface area contributed by atoms with E-state index >= 15 is 0 Å². The highest BCUT2D eigenvalue weighted by molar-refractivity contribution is 5.85. The predicted octanol–water partition coefficient (Wildman–Crippen LogP) is 1.08. The minimum Gasteiger partial charge on any atom is -0.397 e. The number of carbonyl (C=O) groups is 1. The molecule has 90 valence electrons. The number of likely N-dealkylation sites (N-methyl/N-ethyl adjacent to an activating group) is 1. The lowest BCUT2D eigenvalue weighted by molar-refractivity contribution is -0.121. The Balaban J connectivity index is 2.81. The minimum absolute atomic E-state index is 0.103. The van der Waals surface area contributed by atoms with E-state index in [9.17, 15) is 4.79 Å². The molecule has 0 aliphatic heterocycles.